The summed E-state index contributed by atoms with van der Waals surface area (Å²) in [4.78, 5) is 11.9. The number of halogens is 2. The van der Waals surface area contributed by atoms with Gasteiger partial charge in [0.25, 0.3) is 0 Å². The standard InChI is InChI=1S/C16H13BrClNO/c1-11-2-7-14(10-15(11)18)19-9-8-16(20)12-3-5-13(17)6-4-12/h2-10,19H,1H3/b9-8-. The maximum Gasteiger partial charge on any atom is 0.187 e. The molecule has 0 atom stereocenters. The molecule has 0 aromatic heterocycles. The predicted molar refractivity (Wildman–Crippen MR) is 87.4 cm³/mol. The van der Waals surface area contributed by atoms with Crippen LogP contribution in [0.2, 0.25) is 5.02 Å². The van der Waals surface area contributed by atoms with Crippen LogP contribution in [0.25, 0.3) is 0 Å². The van der Waals surface area contributed by atoms with Gasteiger partial charge in [0.2, 0.25) is 0 Å². The summed E-state index contributed by atoms with van der Waals surface area (Å²) in [5.41, 5.74) is 2.51. The zero-order valence-corrected chi connectivity index (χ0v) is 13.2. The summed E-state index contributed by atoms with van der Waals surface area (Å²) in [6.07, 6.45) is 3.11. The molecule has 102 valence electrons. The first-order valence-corrected chi connectivity index (χ1v) is 7.22. The van der Waals surface area contributed by atoms with Gasteiger partial charge < -0.3 is 5.32 Å². The molecule has 0 aliphatic heterocycles. The Bertz CT molecular complexity index is 650. The number of hydrogen-bond donors (Lipinski definition) is 1. The molecule has 0 radical (unpaired) electrons. The Labute approximate surface area is 131 Å². The van der Waals surface area contributed by atoms with Gasteiger partial charge >= 0.3 is 0 Å². The van der Waals surface area contributed by atoms with E-state index in [2.05, 4.69) is 21.2 Å². The quantitative estimate of drug-likeness (QED) is 0.605. The van der Waals surface area contributed by atoms with Gasteiger partial charge in [-0.05, 0) is 48.9 Å². The maximum atomic E-state index is 11.9. The highest BCUT2D eigenvalue weighted by molar-refractivity contribution is 9.10. The lowest BCUT2D eigenvalue weighted by atomic mass is 10.1. The summed E-state index contributed by atoms with van der Waals surface area (Å²) < 4.78 is 0.949. The van der Waals surface area contributed by atoms with E-state index in [4.69, 9.17) is 11.6 Å². The van der Waals surface area contributed by atoms with Crippen LogP contribution in [0.5, 0.6) is 0 Å². The number of carbonyl (C=O) groups excluding carboxylic acids is 1. The van der Waals surface area contributed by atoms with Crippen LogP contribution in [0, 0.1) is 6.92 Å². The third-order valence-corrected chi connectivity index (χ3v) is 3.72. The SMILES string of the molecule is Cc1ccc(N/C=C\C(=O)c2ccc(Br)cc2)cc1Cl. The summed E-state index contributed by atoms with van der Waals surface area (Å²) >= 11 is 9.37. The maximum absolute atomic E-state index is 11.9. The van der Waals surface area contributed by atoms with E-state index in [1.165, 1.54) is 6.08 Å². The number of nitrogens with one attached hydrogen (secondary N) is 1. The largest absolute Gasteiger partial charge is 0.362 e. The van der Waals surface area contributed by atoms with E-state index in [-0.39, 0.29) is 5.78 Å². The fourth-order valence-electron chi connectivity index (χ4n) is 1.61. The van der Waals surface area contributed by atoms with Crippen molar-refractivity contribution in [1.29, 1.82) is 0 Å². The molecule has 0 unspecified atom stereocenters. The molecular weight excluding hydrogens is 338 g/mol. The van der Waals surface area contributed by atoms with Crippen molar-refractivity contribution in [2.45, 2.75) is 6.92 Å². The summed E-state index contributed by atoms with van der Waals surface area (Å²) in [7, 11) is 0. The topological polar surface area (TPSA) is 29.1 Å². The summed E-state index contributed by atoms with van der Waals surface area (Å²) in [5, 5.41) is 3.73. The average molecular weight is 351 g/mol. The van der Waals surface area contributed by atoms with E-state index in [1.54, 1.807) is 18.3 Å². The number of ketones is 1. The van der Waals surface area contributed by atoms with E-state index in [0.717, 1.165) is 15.7 Å². The predicted octanol–water partition coefficient (Wildman–Crippen LogP) is 5.22. The lowest BCUT2D eigenvalue weighted by Gasteiger charge is -2.03. The molecule has 2 nitrogen and oxygen atoms in total. The van der Waals surface area contributed by atoms with Crippen LogP contribution < -0.4 is 5.32 Å². The molecule has 1 N–H and O–H groups in total. The smallest absolute Gasteiger partial charge is 0.187 e. The second-order valence-electron chi connectivity index (χ2n) is 4.31. The normalized spacial score (nSPS) is 10.8. The molecule has 0 aliphatic carbocycles. The van der Waals surface area contributed by atoms with Gasteiger partial charge in [0, 0.05) is 33.0 Å². The molecule has 20 heavy (non-hydrogen) atoms. The zero-order valence-electron chi connectivity index (χ0n) is 10.9. The first-order chi connectivity index (χ1) is 9.56. The fraction of sp³-hybridized carbons (Fsp3) is 0.0625. The molecule has 2 aromatic carbocycles. The van der Waals surface area contributed by atoms with Crippen LogP contribution >= 0.6 is 27.5 Å². The van der Waals surface area contributed by atoms with Crippen molar-refractivity contribution >= 4 is 39.0 Å². The highest BCUT2D eigenvalue weighted by Crippen LogP contribution is 2.19. The lowest BCUT2D eigenvalue weighted by Crippen LogP contribution is -1.96. The van der Waals surface area contributed by atoms with Gasteiger partial charge in [0.05, 0.1) is 0 Å². The lowest BCUT2D eigenvalue weighted by molar-refractivity contribution is 0.104. The van der Waals surface area contributed by atoms with Gasteiger partial charge in [-0.2, -0.15) is 0 Å². The third kappa shape index (κ3) is 3.95. The molecule has 0 aliphatic rings. The van der Waals surface area contributed by atoms with E-state index < -0.39 is 0 Å². The highest BCUT2D eigenvalue weighted by Gasteiger charge is 2.01. The first-order valence-electron chi connectivity index (χ1n) is 6.05. The number of benzene rings is 2. The number of aryl methyl sites for hydroxylation is 1. The van der Waals surface area contributed by atoms with Crippen LogP contribution in [0.4, 0.5) is 5.69 Å². The molecule has 0 saturated carbocycles. The molecule has 2 rings (SSSR count). The Morgan fingerprint density at radius 1 is 1.20 bits per heavy atom. The van der Waals surface area contributed by atoms with Crippen molar-refractivity contribution in [2.75, 3.05) is 5.32 Å². The molecule has 2 aromatic rings. The van der Waals surface area contributed by atoms with E-state index in [1.807, 2.05) is 37.3 Å². The number of rotatable bonds is 4. The molecule has 0 amide bonds. The average Bonchev–Trinajstić information content (AvgIpc) is 2.43. The Hall–Kier alpha value is -1.58. The molecule has 4 heteroatoms. The van der Waals surface area contributed by atoms with Gasteiger partial charge in [-0.3, -0.25) is 4.79 Å². The van der Waals surface area contributed by atoms with Crippen molar-refractivity contribution in [3.8, 4) is 0 Å². The molecule has 0 fully saturated rings. The van der Waals surface area contributed by atoms with Crippen molar-refractivity contribution in [3.05, 3.63) is 75.4 Å². The summed E-state index contributed by atoms with van der Waals surface area (Å²) in [6.45, 7) is 1.94. The number of carbonyl (C=O) groups is 1. The van der Waals surface area contributed by atoms with Crippen LogP contribution in [0.15, 0.2) is 59.2 Å². The highest BCUT2D eigenvalue weighted by atomic mass is 79.9. The van der Waals surface area contributed by atoms with E-state index in [0.29, 0.717) is 10.6 Å². The van der Waals surface area contributed by atoms with E-state index >= 15 is 0 Å². The molecular formula is C16H13BrClNO. The monoisotopic (exact) mass is 349 g/mol. The van der Waals surface area contributed by atoms with Crippen LogP contribution in [-0.2, 0) is 0 Å². The third-order valence-electron chi connectivity index (χ3n) is 2.79. The van der Waals surface area contributed by atoms with Gasteiger partial charge in [-0.1, -0.05) is 33.6 Å². The Kier molecular flexibility index (Phi) is 4.99. The molecule has 0 spiro atoms. The van der Waals surface area contributed by atoms with Crippen molar-refractivity contribution < 1.29 is 4.79 Å². The van der Waals surface area contributed by atoms with Gasteiger partial charge in [-0.15, -0.1) is 0 Å². The van der Waals surface area contributed by atoms with Crippen molar-refractivity contribution in [3.63, 3.8) is 0 Å². The summed E-state index contributed by atoms with van der Waals surface area (Å²) in [6, 6.07) is 12.9. The number of anilines is 1. The number of allylic oxidation sites excluding steroid dienone is 1. The van der Waals surface area contributed by atoms with Crippen LogP contribution in [-0.4, -0.2) is 5.78 Å². The van der Waals surface area contributed by atoms with E-state index in [9.17, 15) is 4.79 Å². The second-order valence-corrected chi connectivity index (χ2v) is 5.64. The first kappa shape index (κ1) is 14.8. The molecule has 0 heterocycles. The fourth-order valence-corrected chi connectivity index (χ4v) is 2.05. The van der Waals surface area contributed by atoms with Crippen molar-refractivity contribution in [2.24, 2.45) is 0 Å². The van der Waals surface area contributed by atoms with Crippen LogP contribution in [0.1, 0.15) is 15.9 Å². The van der Waals surface area contributed by atoms with Gasteiger partial charge in [0.1, 0.15) is 0 Å². The Morgan fingerprint density at radius 3 is 2.55 bits per heavy atom. The Balaban J connectivity index is 2.00. The number of hydrogen-bond acceptors (Lipinski definition) is 2. The minimum atomic E-state index is -0.0526. The van der Waals surface area contributed by atoms with Crippen molar-refractivity contribution in [1.82, 2.24) is 0 Å². The molecule has 0 saturated heterocycles. The van der Waals surface area contributed by atoms with Crippen LogP contribution in [0.3, 0.4) is 0 Å². The van der Waals surface area contributed by atoms with Gasteiger partial charge in [-0.25, -0.2) is 0 Å². The Morgan fingerprint density at radius 2 is 1.90 bits per heavy atom. The second kappa shape index (κ2) is 6.73. The summed E-state index contributed by atoms with van der Waals surface area (Å²) in [5.74, 6) is -0.0526. The zero-order chi connectivity index (χ0) is 14.5. The molecule has 0 bridgehead atoms. The van der Waals surface area contributed by atoms with Gasteiger partial charge in [0.15, 0.2) is 5.78 Å². The minimum absolute atomic E-state index is 0.0526. The minimum Gasteiger partial charge on any atom is -0.362 e.